The van der Waals surface area contributed by atoms with Crippen molar-refractivity contribution < 1.29 is 28.7 Å². The summed E-state index contributed by atoms with van der Waals surface area (Å²) in [7, 11) is 0. The Morgan fingerprint density at radius 3 is 2.42 bits per heavy atom. The van der Waals surface area contributed by atoms with Gasteiger partial charge in [0, 0.05) is 31.5 Å². The zero-order valence-corrected chi connectivity index (χ0v) is 14.0. The Morgan fingerprint density at radius 2 is 1.81 bits per heavy atom. The minimum absolute atomic E-state index is 0.0423. The first kappa shape index (κ1) is 19.4. The maximum Gasteiger partial charge on any atom is 0.306 e. The molecule has 1 fully saturated rings. The molecule has 0 radical (unpaired) electrons. The lowest BCUT2D eigenvalue weighted by atomic mass is 9.97. The van der Waals surface area contributed by atoms with Crippen LogP contribution in [0.3, 0.4) is 0 Å². The van der Waals surface area contributed by atoms with E-state index in [2.05, 4.69) is 10.9 Å². The van der Waals surface area contributed by atoms with Crippen molar-refractivity contribution in [1.29, 1.82) is 0 Å². The predicted molar refractivity (Wildman–Crippen MR) is 88.2 cm³/mol. The molecule has 0 saturated carbocycles. The van der Waals surface area contributed by atoms with E-state index in [0.29, 0.717) is 25.9 Å². The largest absolute Gasteiger partial charge is 0.481 e. The van der Waals surface area contributed by atoms with Gasteiger partial charge in [-0.25, -0.2) is 4.39 Å². The Kier molecular flexibility index (Phi) is 6.65. The number of amides is 3. The van der Waals surface area contributed by atoms with Crippen LogP contribution in [-0.4, -0.2) is 46.8 Å². The Morgan fingerprint density at radius 1 is 1.12 bits per heavy atom. The predicted octanol–water partition coefficient (Wildman–Crippen LogP) is 0.690. The van der Waals surface area contributed by atoms with Crippen LogP contribution in [0.2, 0.25) is 0 Å². The van der Waals surface area contributed by atoms with E-state index >= 15 is 0 Å². The first-order valence-corrected chi connectivity index (χ1v) is 8.22. The third-order valence-electron chi connectivity index (χ3n) is 4.17. The lowest BCUT2D eigenvalue weighted by Gasteiger charge is -2.30. The summed E-state index contributed by atoms with van der Waals surface area (Å²) < 4.78 is 13.0. The summed E-state index contributed by atoms with van der Waals surface area (Å²) in [6.45, 7) is 0.710. The number of hydrazine groups is 1. The number of benzene rings is 1. The molecule has 1 aromatic carbocycles. The van der Waals surface area contributed by atoms with Crippen molar-refractivity contribution in [2.45, 2.75) is 25.7 Å². The van der Waals surface area contributed by atoms with E-state index < -0.39 is 29.5 Å². The van der Waals surface area contributed by atoms with E-state index in [1.54, 1.807) is 0 Å². The van der Waals surface area contributed by atoms with Crippen LogP contribution in [0.4, 0.5) is 4.39 Å². The van der Waals surface area contributed by atoms with Gasteiger partial charge in [-0.3, -0.25) is 30.0 Å². The van der Waals surface area contributed by atoms with Crippen LogP contribution >= 0.6 is 0 Å². The van der Waals surface area contributed by atoms with E-state index in [4.69, 9.17) is 5.11 Å². The number of aliphatic carboxylic acids is 1. The molecule has 8 nitrogen and oxygen atoms in total. The van der Waals surface area contributed by atoms with Gasteiger partial charge in [0.2, 0.25) is 11.8 Å². The van der Waals surface area contributed by atoms with E-state index in [1.165, 1.54) is 23.1 Å². The minimum atomic E-state index is -0.856. The van der Waals surface area contributed by atoms with Gasteiger partial charge in [-0.15, -0.1) is 0 Å². The van der Waals surface area contributed by atoms with Crippen LogP contribution in [0.1, 0.15) is 36.0 Å². The van der Waals surface area contributed by atoms with E-state index in [-0.39, 0.29) is 24.3 Å². The number of hydrogen-bond donors (Lipinski definition) is 3. The number of nitrogens with zero attached hydrogens (tertiary/aromatic N) is 1. The van der Waals surface area contributed by atoms with Crippen LogP contribution in [0, 0.1) is 11.7 Å². The maximum atomic E-state index is 13.0. The summed E-state index contributed by atoms with van der Waals surface area (Å²) in [5, 5.41) is 8.93. The first-order chi connectivity index (χ1) is 12.4. The molecule has 0 aliphatic carbocycles. The fourth-order valence-corrected chi connectivity index (χ4v) is 2.65. The number of carboxylic acids is 1. The van der Waals surface area contributed by atoms with Crippen LogP contribution in [0.15, 0.2) is 24.3 Å². The van der Waals surface area contributed by atoms with Gasteiger partial charge in [-0.2, -0.15) is 0 Å². The second-order valence-electron chi connectivity index (χ2n) is 6.01. The van der Waals surface area contributed by atoms with E-state index in [1.807, 2.05) is 0 Å². The number of halogens is 1. The molecule has 0 spiro atoms. The molecular weight excluding hydrogens is 345 g/mol. The molecule has 1 aliphatic heterocycles. The summed E-state index contributed by atoms with van der Waals surface area (Å²) in [5.41, 5.74) is 4.38. The van der Waals surface area contributed by atoms with Crippen LogP contribution in [-0.2, 0) is 14.4 Å². The summed E-state index contributed by atoms with van der Waals surface area (Å²) >= 11 is 0. The second kappa shape index (κ2) is 8.93. The molecule has 3 N–H and O–H groups in total. The number of carbonyl (C=O) groups is 4. The van der Waals surface area contributed by atoms with Gasteiger partial charge in [0.05, 0.1) is 5.92 Å². The molecule has 2 rings (SSSR count). The number of carboxylic acid groups (broad SMARTS) is 1. The fourth-order valence-electron chi connectivity index (χ4n) is 2.65. The highest BCUT2D eigenvalue weighted by Crippen LogP contribution is 2.18. The molecule has 1 saturated heterocycles. The Labute approximate surface area is 149 Å². The maximum absolute atomic E-state index is 13.0. The SMILES string of the molecule is O=C(CCC(=O)N1CCC(C(=O)O)CC1)NNC(=O)c1cccc(F)c1. The smallest absolute Gasteiger partial charge is 0.306 e. The topological polar surface area (TPSA) is 116 Å². The molecule has 3 amide bonds. The van der Waals surface area contributed by atoms with Crippen molar-refractivity contribution in [2.75, 3.05) is 13.1 Å². The highest BCUT2D eigenvalue weighted by molar-refractivity contribution is 5.95. The molecule has 0 aromatic heterocycles. The van der Waals surface area contributed by atoms with Crippen molar-refractivity contribution in [1.82, 2.24) is 15.8 Å². The van der Waals surface area contributed by atoms with Gasteiger partial charge in [0.15, 0.2) is 0 Å². The molecule has 0 atom stereocenters. The van der Waals surface area contributed by atoms with E-state index in [9.17, 15) is 23.6 Å². The van der Waals surface area contributed by atoms with Gasteiger partial charge >= 0.3 is 5.97 Å². The molecule has 140 valence electrons. The monoisotopic (exact) mass is 365 g/mol. The van der Waals surface area contributed by atoms with Gasteiger partial charge in [-0.1, -0.05) is 6.07 Å². The summed E-state index contributed by atoms with van der Waals surface area (Å²) in [4.78, 5) is 48.0. The lowest BCUT2D eigenvalue weighted by Crippen LogP contribution is -2.43. The quantitative estimate of drug-likeness (QED) is 0.664. The van der Waals surface area contributed by atoms with Crippen molar-refractivity contribution in [3.8, 4) is 0 Å². The number of nitrogens with one attached hydrogen (secondary N) is 2. The molecule has 9 heteroatoms. The third-order valence-corrected chi connectivity index (χ3v) is 4.17. The van der Waals surface area contributed by atoms with Crippen molar-refractivity contribution in [2.24, 2.45) is 5.92 Å². The Hall–Kier alpha value is -2.97. The van der Waals surface area contributed by atoms with Crippen LogP contribution in [0.5, 0.6) is 0 Å². The third kappa shape index (κ3) is 5.54. The summed E-state index contributed by atoms with van der Waals surface area (Å²) in [5.74, 6) is -3.31. The van der Waals surface area contributed by atoms with Crippen molar-refractivity contribution >= 4 is 23.7 Å². The number of piperidine rings is 1. The van der Waals surface area contributed by atoms with Gasteiger partial charge in [0.1, 0.15) is 5.82 Å². The molecule has 26 heavy (non-hydrogen) atoms. The molecular formula is C17H20FN3O5. The zero-order chi connectivity index (χ0) is 19.1. The average molecular weight is 365 g/mol. The summed E-state index contributed by atoms with van der Waals surface area (Å²) in [6, 6.07) is 5.00. The molecule has 1 aromatic rings. The Balaban J connectivity index is 1.69. The van der Waals surface area contributed by atoms with Crippen molar-refractivity contribution in [3.63, 3.8) is 0 Å². The molecule has 1 aliphatic rings. The van der Waals surface area contributed by atoms with Crippen LogP contribution < -0.4 is 10.9 Å². The van der Waals surface area contributed by atoms with Crippen molar-refractivity contribution in [3.05, 3.63) is 35.6 Å². The first-order valence-electron chi connectivity index (χ1n) is 8.22. The van der Waals surface area contributed by atoms with Crippen LogP contribution in [0.25, 0.3) is 0 Å². The number of likely N-dealkylation sites (tertiary alicyclic amines) is 1. The Bertz CT molecular complexity index is 701. The minimum Gasteiger partial charge on any atom is -0.481 e. The normalized spacial score (nSPS) is 14.6. The number of hydrogen-bond acceptors (Lipinski definition) is 4. The molecule has 0 unspecified atom stereocenters. The lowest BCUT2D eigenvalue weighted by molar-refractivity contribution is -0.145. The standard InChI is InChI=1S/C17H20FN3O5/c18-13-3-1-2-12(10-13)16(24)20-19-14(22)4-5-15(23)21-8-6-11(7-9-21)17(25)26/h1-3,10-11H,4-9H2,(H,19,22)(H,20,24)(H,25,26). The average Bonchev–Trinajstić information content (AvgIpc) is 2.64. The highest BCUT2D eigenvalue weighted by atomic mass is 19.1. The number of carbonyl (C=O) groups excluding carboxylic acids is 3. The fraction of sp³-hybridized carbons (Fsp3) is 0.412. The highest BCUT2D eigenvalue weighted by Gasteiger charge is 2.26. The zero-order valence-electron chi connectivity index (χ0n) is 14.0. The van der Waals surface area contributed by atoms with Gasteiger partial charge in [0.25, 0.3) is 5.91 Å². The molecule has 0 bridgehead atoms. The van der Waals surface area contributed by atoms with Gasteiger partial charge < -0.3 is 10.0 Å². The summed E-state index contributed by atoms with van der Waals surface area (Å²) in [6.07, 6.45) is 0.633. The van der Waals surface area contributed by atoms with Gasteiger partial charge in [-0.05, 0) is 31.0 Å². The molecule has 1 heterocycles. The number of rotatable bonds is 5. The second-order valence-corrected chi connectivity index (χ2v) is 6.01. The van der Waals surface area contributed by atoms with E-state index in [0.717, 1.165) is 6.07 Å².